The molecule has 3 N–H and O–H groups in total. The Hall–Kier alpha value is -1.59. The Morgan fingerprint density at radius 1 is 1.16 bits per heavy atom. The zero-order valence-electron chi connectivity index (χ0n) is 11.1. The summed E-state index contributed by atoms with van der Waals surface area (Å²) < 4.78 is 0. The van der Waals surface area contributed by atoms with Crippen LogP contribution in [0.25, 0.3) is 0 Å². The van der Waals surface area contributed by atoms with E-state index in [1.807, 2.05) is 6.92 Å². The maximum Gasteiger partial charge on any atom is 0.307 e. The minimum absolute atomic E-state index is 0.00485. The van der Waals surface area contributed by atoms with Gasteiger partial charge in [0.1, 0.15) is 0 Å². The summed E-state index contributed by atoms with van der Waals surface area (Å²) in [6, 6.07) is 0. The molecule has 0 radical (unpaired) electrons. The molecular weight excluding hydrogens is 250 g/mol. The third-order valence-electron chi connectivity index (χ3n) is 3.76. The summed E-state index contributed by atoms with van der Waals surface area (Å²) in [5.74, 6) is -2.87. The van der Waals surface area contributed by atoms with Crippen molar-refractivity contribution < 1.29 is 24.6 Å². The van der Waals surface area contributed by atoms with Crippen LogP contribution in [0.4, 0.5) is 0 Å². The molecule has 0 saturated heterocycles. The molecule has 108 valence electrons. The minimum Gasteiger partial charge on any atom is -0.481 e. The lowest BCUT2D eigenvalue weighted by Gasteiger charge is -2.15. The highest BCUT2D eigenvalue weighted by molar-refractivity contribution is 5.85. The van der Waals surface area contributed by atoms with Gasteiger partial charge >= 0.3 is 11.9 Å². The highest BCUT2D eigenvalue weighted by atomic mass is 16.4. The second kappa shape index (κ2) is 7.11. The van der Waals surface area contributed by atoms with Crippen LogP contribution in [-0.4, -0.2) is 34.6 Å². The van der Waals surface area contributed by atoms with E-state index < -0.39 is 23.8 Å². The Morgan fingerprint density at radius 2 is 1.79 bits per heavy atom. The van der Waals surface area contributed by atoms with Gasteiger partial charge in [-0.05, 0) is 25.2 Å². The summed E-state index contributed by atoms with van der Waals surface area (Å²) in [6.07, 6.45) is 2.41. The second-order valence-electron chi connectivity index (χ2n) is 5.09. The topological polar surface area (TPSA) is 104 Å². The van der Waals surface area contributed by atoms with Crippen molar-refractivity contribution in [2.45, 2.75) is 39.0 Å². The number of rotatable bonds is 7. The van der Waals surface area contributed by atoms with E-state index in [0.717, 1.165) is 6.42 Å². The Kier molecular flexibility index (Phi) is 5.79. The van der Waals surface area contributed by atoms with Crippen molar-refractivity contribution in [3.8, 4) is 0 Å². The largest absolute Gasteiger partial charge is 0.481 e. The molecular formula is C13H21NO5. The third kappa shape index (κ3) is 4.54. The zero-order valence-corrected chi connectivity index (χ0v) is 11.1. The summed E-state index contributed by atoms with van der Waals surface area (Å²) in [5, 5.41) is 20.3. The number of carboxylic acid groups (broad SMARTS) is 2. The summed E-state index contributed by atoms with van der Waals surface area (Å²) in [6.45, 7) is 2.28. The van der Waals surface area contributed by atoms with E-state index in [0.29, 0.717) is 19.3 Å². The van der Waals surface area contributed by atoms with Crippen molar-refractivity contribution in [2.75, 3.05) is 6.54 Å². The van der Waals surface area contributed by atoms with E-state index >= 15 is 0 Å². The van der Waals surface area contributed by atoms with Crippen LogP contribution in [0, 0.1) is 17.8 Å². The first-order valence-corrected chi connectivity index (χ1v) is 6.68. The monoisotopic (exact) mass is 271 g/mol. The predicted octanol–water partition coefficient (Wildman–Crippen LogP) is 1.10. The predicted molar refractivity (Wildman–Crippen MR) is 67.5 cm³/mol. The SMILES string of the molecule is CCC1C[C@H](C(=O)NCCCC(=O)O)[C@H](C(=O)O)C1. The minimum atomic E-state index is -0.915. The number of carbonyl (C=O) groups excluding carboxylic acids is 1. The van der Waals surface area contributed by atoms with Crippen LogP contribution in [0.3, 0.4) is 0 Å². The van der Waals surface area contributed by atoms with Crippen molar-refractivity contribution in [3.05, 3.63) is 0 Å². The Labute approximate surface area is 112 Å². The standard InChI is InChI=1S/C13H21NO5/c1-2-8-6-9(10(7-8)13(18)19)12(17)14-5-3-4-11(15)16/h8-10H,2-7H2,1H3,(H,14,17)(H,15,16)(H,18,19)/t8?,9-,10+/m0/s1. The van der Waals surface area contributed by atoms with E-state index in [4.69, 9.17) is 10.2 Å². The molecule has 3 atom stereocenters. The molecule has 1 saturated carbocycles. The number of hydrogen-bond donors (Lipinski definition) is 3. The number of hydrogen-bond acceptors (Lipinski definition) is 3. The van der Waals surface area contributed by atoms with Gasteiger partial charge in [0.25, 0.3) is 0 Å². The van der Waals surface area contributed by atoms with Crippen molar-refractivity contribution in [3.63, 3.8) is 0 Å². The van der Waals surface area contributed by atoms with Gasteiger partial charge in [0.2, 0.25) is 5.91 Å². The summed E-state index contributed by atoms with van der Waals surface area (Å²) in [5.41, 5.74) is 0. The lowest BCUT2D eigenvalue weighted by molar-refractivity contribution is -0.146. The first-order chi connectivity index (χ1) is 8.95. The van der Waals surface area contributed by atoms with Crippen molar-refractivity contribution in [1.82, 2.24) is 5.32 Å². The van der Waals surface area contributed by atoms with Crippen LogP contribution in [-0.2, 0) is 14.4 Å². The van der Waals surface area contributed by atoms with Crippen LogP contribution in [0.2, 0.25) is 0 Å². The molecule has 6 nitrogen and oxygen atoms in total. The number of carbonyl (C=O) groups is 3. The molecule has 0 heterocycles. The fourth-order valence-electron chi connectivity index (χ4n) is 2.62. The quantitative estimate of drug-likeness (QED) is 0.602. The first-order valence-electron chi connectivity index (χ1n) is 6.68. The van der Waals surface area contributed by atoms with Crippen LogP contribution >= 0.6 is 0 Å². The summed E-state index contributed by atoms with van der Waals surface area (Å²) in [7, 11) is 0. The van der Waals surface area contributed by atoms with Crippen LogP contribution < -0.4 is 5.32 Å². The molecule has 0 aliphatic heterocycles. The summed E-state index contributed by atoms with van der Waals surface area (Å²) in [4.78, 5) is 33.4. The van der Waals surface area contributed by atoms with Crippen molar-refractivity contribution in [2.24, 2.45) is 17.8 Å². The van der Waals surface area contributed by atoms with E-state index in [9.17, 15) is 14.4 Å². The summed E-state index contributed by atoms with van der Waals surface area (Å²) >= 11 is 0. The number of aliphatic carboxylic acids is 2. The smallest absolute Gasteiger partial charge is 0.307 e. The maximum atomic E-state index is 11.9. The molecule has 1 rings (SSSR count). The molecule has 1 aliphatic carbocycles. The van der Waals surface area contributed by atoms with Gasteiger partial charge in [-0.25, -0.2) is 0 Å². The van der Waals surface area contributed by atoms with E-state index in [1.165, 1.54) is 0 Å². The Bertz CT molecular complexity index is 355. The molecule has 0 bridgehead atoms. The van der Waals surface area contributed by atoms with Crippen LogP contribution in [0.1, 0.15) is 39.0 Å². The molecule has 0 spiro atoms. The molecule has 1 unspecified atom stereocenters. The van der Waals surface area contributed by atoms with E-state index in [-0.39, 0.29) is 24.8 Å². The molecule has 0 aromatic rings. The number of nitrogens with one attached hydrogen (secondary N) is 1. The van der Waals surface area contributed by atoms with Gasteiger partial charge in [-0.15, -0.1) is 0 Å². The van der Waals surface area contributed by atoms with Gasteiger partial charge in [-0.2, -0.15) is 0 Å². The van der Waals surface area contributed by atoms with Crippen LogP contribution in [0.15, 0.2) is 0 Å². The third-order valence-corrected chi connectivity index (χ3v) is 3.76. The molecule has 19 heavy (non-hydrogen) atoms. The van der Waals surface area contributed by atoms with Crippen molar-refractivity contribution in [1.29, 1.82) is 0 Å². The Balaban J connectivity index is 2.45. The van der Waals surface area contributed by atoms with Gasteiger partial charge in [-0.3, -0.25) is 14.4 Å². The molecule has 0 aromatic carbocycles. The van der Waals surface area contributed by atoms with E-state index in [2.05, 4.69) is 5.32 Å². The maximum absolute atomic E-state index is 11.9. The average molecular weight is 271 g/mol. The van der Waals surface area contributed by atoms with Gasteiger partial charge in [0.15, 0.2) is 0 Å². The highest BCUT2D eigenvalue weighted by Gasteiger charge is 2.41. The molecule has 6 heteroatoms. The van der Waals surface area contributed by atoms with Gasteiger partial charge in [-0.1, -0.05) is 13.3 Å². The Morgan fingerprint density at radius 3 is 2.32 bits per heavy atom. The average Bonchev–Trinajstić information content (AvgIpc) is 2.78. The highest BCUT2D eigenvalue weighted by Crippen LogP contribution is 2.38. The number of amides is 1. The first kappa shape index (κ1) is 15.5. The van der Waals surface area contributed by atoms with Crippen LogP contribution in [0.5, 0.6) is 0 Å². The molecule has 1 amide bonds. The molecule has 1 aliphatic rings. The fraction of sp³-hybridized carbons (Fsp3) is 0.769. The van der Waals surface area contributed by atoms with Gasteiger partial charge in [0, 0.05) is 13.0 Å². The van der Waals surface area contributed by atoms with Gasteiger partial charge < -0.3 is 15.5 Å². The molecule has 1 fully saturated rings. The lowest BCUT2D eigenvalue weighted by atomic mass is 9.95. The fourth-order valence-corrected chi connectivity index (χ4v) is 2.62. The van der Waals surface area contributed by atoms with Crippen molar-refractivity contribution >= 4 is 17.8 Å². The second-order valence-corrected chi connectivity index (χ2v) is 5.09. The van der Waals surface area contributed by atoms with E-state index in [1.54, 1.807) is 0 Å². The lowest BCUT2D eigenvalue weighted by Crippen LogP contribution is -2.35. The zero-order chi connectivity index (χ0) is 14.4. The molecule has 0 aromatic heterocycles. The normalized spacial score (nSPS) is 26.1. The number of carboxylic acids is 2. The van der Waals surface area contributed by atoms with Gasteiger partial charge in [0.05, 0.1) is 11.8 Å².